The highest BCUT2D eigenvalue weighted by molar-refractivity contribution is 6.30. The Morgan fingerprint density at radius 1 is 1.04 bits per heavy atom. The second-order valence-electron chi connectivity index (χ2n) is 5.61. The topological polar surface area (TPSA) is 68.8 Å². The summed E-state index contributed by atoms with van der Waals surface area (Å²) in [5, 5.41) is 6.66. The number of ether oxygens (including phenoxy) is 3. The number of carbonyl (C=O) groups is 1. The largest absolute Gasteiger partial charge is 0.493 e. The molecule has 0 spiro atoms. The first-order valence-electron chi connectivity index (χ1n) is 8.07. The van der Waals surface area contributed by atoms with Crippen molar-refractivity contribution in [2.45, 2.75) is 13.0 Å². The number of anilines is 1. The summed E-state index contributed by atoms with van der Waals surface area (Å²) in [4.78, 5) is 12.2. The van der Waals surface area contributed by atoms with Gasteiger partial charge >= 0.3 is 0 Å². The van der Waals surface area contributed by atoms with Crippen molar-refractivity contribution in [2.24, 2.45) is 0 Å². The molecule has 0 aliphatic carbocycles. The van der Waals surface area contributed by atoms with Crippen molar-refractivity contribution in [1.82, 2.24) is 5.32 Å². The van der Waals surface area contributed by atoms with Gasteiger partial charge in [0.2, 0.25) is 11.7 Å². The zero-order valence-electron chi connectivity index (χ0n) is 15.3. The van der Waals surface area contributed by atoms with Crippen molar-refractivity contribution in [3.63, 3.8) is 0 Å². The highest BCUT2D eigenvalue weighted by Crippen LogP contribution is 2.39. The minimum absolute atomic E-state index is 0.108. The normalized spacial score (nSPS) is 11.4. The van der Waals surface area contributed by atoms with Gasteiger partial charge in [-0.3, -0.25) is 4.79 Å². The van der Waals surface area contributed by atoms with Crippen LogP contribution in [0, 0.1) is 0 Å². The molecule has 0 aliphatic heterocycles. The molecule has 140 valence electrons. The average molecular weight is 379 g/mol. The van der Waals surface area contributed by atoms with Gasteiger partial charge in [-0.2, -0.15) is 0 Å². The Labute approximate surface area is 158 Å². The standard InChI is InChI=1S/C19H23ClN2O4/c1-12(13-5-7-14(20)8-6-13)22-18(23)11-21-15-9-16(24-2)19(26-4)17(10-15)25-3/h5-10,12,21H,11H2,1-4H3,(H,22,23). The van der Waals surface area contributed by atoms with Crippen LogP contribution < -0.4 is 24.8 Å². The Bertz CT molecular complexity index is 725. The molecule has 6 nitrogen and oxygen atoms in total. The highest BCUT2D eigenvalue weighted by Gasteiger charge is 2.14. The van der Waals surface area contributed by atoms with E-state index in [0.717, 1.165) is 5.56 Å². The fourth-order valence-corrected chi connectivity index (χ4v) is 2.62. The lowest BCUT2D eigenvalue weighted by atomic mass is 10.1. The summed E-state index contributed by atoms with van der Waals surface area (Å²) in [5.74, 6) is 1.40. The van der Waals surface area contributed by atoms with Gasteiger partial charge < -0.3 is 24.8 Å². The number of hydrogen-bond donors (Lipinski definition) is 2. The molecular weight excluding hydrogens is 356 g/mol. The summed E-state index contributed by atoms with van der Waals surface area (Å²) in [6.45, 7) is 2.02. The Morgan fingerprint density at radius 3 is 2.12 bits per heavy atom. The van der Waals surface area contributed by atoms with E-state index in [1.54, 1.807) is 45.6 Å². The quantitative estimate of drug-likeness (QED) is 0.733. The summed E-state index contributed by atoms with van der Waals surface area (Å²) in [6.07, 6.45) is 0. The Hall–Kier alpha value is -2.60. The summed E-state index contributed by atoms with van der Waals surface area (Å²) in [7, 11) is 4.63. The maximum atomic E-state index is 12.2. The number of methoxy groups -OCH3 is 3. The first-order chi connectivity index (χ1) is 12.5. The average Bonchev–Trinajstić information content (AvgIpc) is 2.65. The summed E-state index contributed by atoms with van der Waals surface area (Å²) < 4.78 is 15.9. The molecule has 0 bridgehead atoms. The molecule has 0 aromatic heterocycles. The van der Waals surface area contributed by atoms with Crippen LogP contribution in [0.1, 0.15) is 18.5 Å². The number of amides is 1. The van der Waals surface area contributed by atoms with E-state index in [9.17, 15) is 4.79 Å². The van der Waals surface area contributed by atoms with E-state index in [1.165, 1.54) is 0 Å². The van der Waals surface area contributed by atoms with E-state index in [-0.39, 0.29) is 18.5 Å². The molecule has 2 aromatic rings. The van der Waals surface area contributed by atoms with Crippen LogP contribution in [-0.2, 0) is 4.79 Å². The Morgan fingerprint density at radius 2 is 1.62 bits per heavy atom. The predicted octanol–water partition coefficient (Wildman–Crippen LogP) is 3.66. The van der Waals surface area contributed by atoms with Crippen LogP contribution in [0.25, 0.3) is 0 Å². The van der Waals surface area contributed by atoms with E-state index >= 15 is 0 Å². The number of rotatable bonds is 8. The highest BCUT2D eigenvalue weighted by atomic mass is 35.5. The zero-order chi connectivity index (χ0) is 19.1. The molecule has 1 amide bonds. The second-order valence-corrected chi connectivity index (χ2v) is 6.04. The van der Waals surface area contributed by atoms with E-state index in [0.29, 0.717) is 28.0 Å². The smallest absolute Gasteiger partial charge is 0.239 e. The third-order valence-corrected chi connectivity index (χ3v) is 4.12. The van der Waals surface area contributed by atoms with Crippen LogP contribution >= 0.6 is 11.6 Å². The number of halogens is 1. The molecule has 0 heterocycles. The lowest BCUT2D eigenvalue weighted by molar-refractivity contribution is -0.120. The van der Waals surface area contributed by atoms with Gasteiger partial charge in [0.15, 0.2) is 11.5 Å². The van der Waals surface area contributed by atoms with Crippen molar-refractivity contribution >= 4 is 23.2 Å². The Balaban J connectivity index is 1.99. The second kappa shape index (κ2) is 9.20. The minimum atomic E-state index is -0.138. The Kier molecular flexibility index (Phi) is 6.97. The van der Waals surface area contributed by atoms with Gasteiger partial charge in [0.25, 0.3) is 0 Å². The third-order valence-electron chi connectivity index (χ3n) is 3.87. The maximum Gasteiger partial charge on any atom is 0.239 e. The molecule has 0 aliphatic rings. The fourth-order valence-electron chi connectivity index (χ4n) is 2.49. The van der Waals surface area contributed by atoms with Crippen LogP contribution in [0.15, 0.2) is 36.4 Å². The molecular formula is C19H23ClN2O4. The van der Waals surface area contributed by atoms with E-state index in [4.69, 9.17) is 25.8 Å². The van der Waals surface area contributed by atoms with E-state index in [1.807, 2.05) is 19.1 Å². The molecule has 1 atom stereocenters. The van der Waals surface area contributed by atoms with Crippen LogP contribution in [-0.4, -0.2) is 33.8 Å². The van der Waals surface area contributed by atoms with Crippen LogP contribution in [0.4, 0.5) is 5.69 Å². The van der Waals surface area contributed by atoms with Gasteiger partial charge in [-0.05, 0) is 24.6 Å². The molecule has 0 saturated heterocycles. The summed E-state index contributed by atoms with van der Waals surface area (Å²) >= 11 is 5.88. The van der Waals surface area contributed by atoms with Crippen molar-refractivity contribution in [3.8, 4) is 17.2 Å². The first kappa shape index (κ1) is 19.7. The van der Waals surface area contributed by atoms with Crippen LogP contribution in [0.2, 0.25) is 5.02 Å². The number of carbonyl (C=O) groups excluding carboxylic acids is 1. The van der Waals surface area contributed by atoms with E-state index in [2.05, 4.69) is 10.6 Å². The predicted molar refractivity (Wildman–Crippen MR) is 103 cm³/mol. The molecule has 0 radical (unpaired) electrons. The van der Waals surface area contributed by atoms with Crippen molar-refractivity contribution in [1.29, 1.82) is 0 Å². The van der Waals surface area contributed by atoms with Crippen molar-refractivity contribution in [3.05, 3.63) is 47.0 Å². The lowest BCUT2D eigenvalue weighted by Gasteiger charge is -2.17. The lowest BCUT2D eigenvalue weighted by Crippen LogP contribution is -2.32. The molecule has 1 unspecified atom stereocenters. The third kappa shape index (κ3) is 4.95. The fraction of sp³-hybridized carbons (Fsp3) is 0.316. The van der Waals surface area contributed by atoms with Gasteiger partial charge in [-0.1, -0.05) is 23.7 Å². The number of hydrogen-bond acceptors (Lipinski definition) is 5. The van der Waals surface area contributed by atoms with Crippen LogP contribution in [0.3, 0.4) is 0 Å². The molecule has 2 rings (SSSR count). The van der Waals surface area contributed by atoms with Gasteiger partial charge in [-0.15, -0.1) is 0 Å². The minimum Gasteiger partial charge on any atom is -0.493 e. The van der Waals surface area contributed by atoms with Gasteiger partial charge in [0, 0.05) is 22.8 Å². The monoisotopic (exact) mass is 378 g/mol. The summed E-state index contributed by atoms with van der Waals surface area (Å²) in [6, 6.07) is 10.7. The van der Waals surface area contributed by atoms with Crippen molar-refractivity contribution in [2.75, 3.05) is 33.2 Å². The first-order valence-corrected chi connectivity index (χ1v) is 8.45. The van der Waals surface area contributed by atoms with Gasteiger partial charge in [-0.25, -0.2) is 0 Å². The molecule has 26 heavy (non-hydrogen) atoms. The zero-order valence-corrected chi connectivity index (χ0v) is 16.0. The molecule has 7 heteroatoms. The molecule has 2 aromatic carbocycles. The van der Waals surface area contributed by atoms with E-state index < -0.39 is 0 Å². The van der Waals surface area contributed by atoms with Crippen LogP contribution in [0.5, 0.6) is 17.2 Å². The number of benzene rings is 2. The molecule has 0 saturated carbocycles. The summed E-state index contributed by atoms with van der Waals surface area (Å²) in [5.41, 5.74) is 1.67. The number of nitrogens with one attached hydrogen (secondary N) is 2. The van der Waals surface area contributed by atoms with Gasteiger partial charge in [0.1, 0.15) is 0 Å². The van der Waals surface area contributed by atoms with Crippen molar-refractivity contribution < 1.29 is 19.0 Å². The van der Waals surface area contributed by atoms with Gasteiger partial charge in [0.05, 0.1) is 33.9 Å². The molecule has 0 fully saturated rings. The maximum absolute atomic E-state index is 12.2. The SMILES string of the molecule is COc1cc(NCC(=O)NC(C)c2ccc(Cl)cc2)cc(OC)c1OC. The molecule has 2 N–H and O–H groups in total.